The summed E-state index contributed by atoms with van der Waals surface area (Å²) < 4.78 is 40.1. The number of aromatic amines is 1. The van der Waals surface area contributed by atoms with Gasteiger partial charge in [-0.25, -0.2) is 4.98 Å². The Morgan fingerprint density at radius 3 is 2.58 bits per heavy atom. The van der Waals surface area contributed by atoms with Crippen LogP contribution in [0.5, 0.6) is 0 Å². The Morgan fingerprint density at radius 2 is 1.86 bits per heavy atom. The summed E-state index contributed by atoms with van der Waals surface area (Å²) in [6.45, 7) is 0.756. The van der Waals surface area contributed by atoms with Crippen LogP contribution in [-0.2, 0) is 19.8 Å². The Labute approximate surface area is 247 Å². The molecule has 3 fully saturated rings. The van der Waals surface area contributed by atoms with Gasteiger partial charge in [-0.15, -0.1) is 11.3 Å². The Morgan fingerprint density at radius 1 is 1.09 bits per heavy atom. The van der Waals surface area contributed by atoms with Crippen molar-refractivity contribution in [1.82, 2.24) is 25.1 Å². The summed E-state index contributed by atoms with van der Waals surface area (Å²) in [6, 6.07) is 4.12. The highest BCUT2D eigenvalue weighted by atomic mass is 32.1. The number of H-pyrrole nitrogens is 1. The van der Waals surface area contributed by atoms with Gasteiger partial charge >= 0.3 is 13.3 Å². The van der Waals surface area contributed by atoms with Crippen LogP contribution in [0.4, 0.5) is 8.78 Å². The highest BCUT2D eigenvalue weighted by Crippen LogP contribution is 2.59. The lowest BCUT2D eigenvalue weighted by Crippen LogP contribution is -2.58. The van der Waals surface area contributed by atoms with Gasteiger partial charge in [0.2, 0.25) is 11.8 Å². The average Bonchev–Trinajstić information content (AvgIpc) is 3.51. The van der Waals surface area contributed by atoms with E-state index in [0.717, 1.165) is 23.5 Å². The van der Waals surface area contributed by atoms with Crippen molar-refractivity contribution in [2.24, 2.45) is 0 Å². The lowest BCUT2D eigenvalue weighted by molar-refractivity contribution is -0.148. The molecule has 16 heteroatoms. The summed E-state index contributed by atoms with van der Waals surface area (Å²) in [5.74, 6) is -0.685. The van der Waals surface area contributed by atoms with Gasteiger partial charge in [-0.3, -0.25) is 23.7 Å². The number of halogens is 2. The molecular weight excluding hydrogens is 607 g/mol. The van der Waals surface area contributed by atoms with E-state index < -0.39 is 36.8 Å². The predicted molar refractivity (Wildman–Crippen MR) is 151 cm³/mol. The van der Waals surface area contributed by atoms with Gasteiger partial charge in [-0.2, -0.15) is 8.78 Å². The van der Waals surface area contributed by atoms with E-state index >= 15 is 0 Å². The minimum atomic E-state index is -5.76. The number of hydrogen-bond donors (Lipinski definition) is 4. The van der Waals surface area contributed by atoms with E-state index in [4.69, 9.17) is 9.79 Å². The van der Waals surface area contributed by atoms with Gasteiger partial charge in [0.25, 0.3) is 11.5 Å². The minimum absolute atomic E-state index is 0.0951. The lowest BCUT2D eigenvalue weighted by Gasteiger charge is -2.41. The van der Waals surface area contributed by atoms with Gasteiger partial charge in [-0.1, -0.05) is 6.07 Å². The fourth-order valence-corrected chi connectivity index (χ4v) is 7.53. The molecule has 3 aliphatic rings. The van der Waals surface area contributed by atoms with Crippen molar-refractivity contribution >= 4 is 46.7 Å². The van der Waals surface area contributed by atoms with E-state index in [1.165, 1.54) is 24.4 Å². The molecule has 0 radical (unpaired) electrons. The second kappa shape index (κ2) is 10.9. The summed E-state index contributed by atoms with van der Waals surface area (Å²) in [7, 11) is -5.76. The van der Waals surface area contributed by atoms with Gasteiger partial charge in [0.1, 0.15) is 17.9 Å². The number of thiophene rings is 1. The first kappa shape index (κ1) is 29.5. The Balaban J connectivity index is 1.14. The number of carbonyl (C=O) groups excluding carboxylic acids is 3. The first-order valence-electron chi connectivity index (χ1n) is 13.8. The van der Waals surface area contributed by atoms with Crippen molar-refractivity contribution in [3.8, 4) is 0 Å². The van der Waals surface area contributed by atoms with Gasteiger partial charge < -0.3 is 29.9 Å². The number of nitrogens with one attached hydrogen (secondary N) is 2. The average molecular weight is 636 g/mol. The molecule has 5 heterocycles. The quantitative estimate of drug-likeness (QED) is 0.299. The van der Waals surface area contributed by atoms with Crippen LogP contribution in [0.3, 0.4) is 0 Å². The lowest BCUT2D eigenvalue weighted by atomic mass is 9.97. The molecule has 3 amide bonds. The van der Waals surface area contributed by atoms with Crippen molar-refractivity contribution in [2.75, 3.05) is 13.1 Å². The molecule has 3 saturated heterocycles. The summed E-state index contributed by atoms with van der Waals surface area (Å²) in [4.78, 5) is 80.4. The monoisotopic (exact) mass is 635 g/mol. The summed E-state index contributed by atoms with van der Waals surface area (Å²) >= 11 is 1.00. The summed E-state index contributed by atoms with van der Waals surface area (Å²) in [5, 5.41) is 2.97. The van der Waals surface area contributed by atoms with Crippen LogP contribution in [-0.4, -0.2) is 78.5 Å². The zero-order chi connectivity index (χ0) is 30.7. The molecule has 3 aromatic rings. The highest BCUT2D eigenvalue weighted by molar-refractivity contribution is 7.52. The molecule has 0 aliphatic carbocycles. The Hall–Kier alpha value is -3.52. The molecule has 2 aromatic heterocycles. The fourth-order valence-electron chi connectivity index (χ4n) is 6.11. The van der Waals surface area contributed by atoms with Gasteiger partial charge in [0.05, 0.1) is 10.8 Å². The summed E-state index contributed by atoms with van der Waals surface area (Å²) in [6.07, 6.45) is 4.33. The molecular formula is C27H28F2N5O7PS. The molecule has 0 bridgehead atoms. The molecule has 3 atom stereocenters. The van der Waals surface area contributed by atoms with Gasteiger partial charge in [0, 0.05) is 41.7 Å². The third kappa shape index (κ3) is 5.39. The molecule has 1 aromatic carbocycles. The van der Waals surface area contributed by atoms with Crippen LogP contribution in [0.15, 0.2) is 41.3 Å². The molecule has 43 heavy (non-hydrogen) atoms. The number of alkyl halides is 2. The normalized spacial score (nSPS) is 23.2. The van der Waals surface area contributed by atoms with Crippen molar-refractivity contribution < 1.29 is 37.5 Å². The molecule has 4 N–H and O–H groups in total. The van der Waals surface area contributed by atoms with Gasteiger partial charge in [0.15, 0.2) is 0 Å². The fraction of sp³-hybridized carbons (Fsp3) is 0.444. The molecule has 12 nitrogen and oxygen atoms in total. The standard InChI is InChI=1S/C27H28F2N5O7PS/c28-27(29,42(39,40)41)16-4-7-20-14(10-16)11-21(43-20)24(36)31-18-3-1-2-17-5-6-19(34(17)25(18)37)26(38)33-12-15(13-33)23-30-9-8-22(35)32-23/h4,7-11,15,17-19H,1-3,5-6,12-13H2,(H,31,36)(H,30,32,35)(H2,39,40,41)/t17-,18-,19-/m0/s1. The molecule has 0 spiro atoms. The first-order chi connectivity index (χ1) is 20.3. The topological polar surface area (TPSA) is 173 Å². The second-order valence-corrected chi connectivity index (χ2v) is 13.9. The van der Waals surface area contributed by atoms with Crippen molar-refractivity contribution in [2.45, 2.75) is 61.8 Å². The Bertz CT molecular complexity index is 1720. The van der Waals surface area contributed by atoms with E-state index in [1.807, 2.05) is 0 Å². The third-order valence-corrected chi connectivity index (χ3v) is 10.5. The van der Waals surface area contributed by atoms with E-state index in [-0.39, 0.29) is 39.6 Å². The van der Waals surface area contributed by atoms with E-state index in [2.05, 4.69) is 15.3 Å². The predicted octanol–water partition coefficient (Wildman–Crippen LogP) is 2.48. The number of nitrogens with zero attached hydrogens (tertiary/aromatic N) is 3. The number of benzene rings is 1. The van der Waals surface area contributed by atoms with Crippen LogP contribution in [0.1, 0.15) is 59.1 Å². The maximum Gasteiger partial charge on any atom is 0.399 e. The number of aromatic nitrogens is 2. The van der Waals surface area contributed by atoms with Crippen LogP contribution >= 0.6 is 18.9 Å². The number of carbonyl (C=O) groups is 3. The smallest absolute Gasteiger partial charge is 0.340 e. The third-order valence-electron chi connectivity index (χ3n) is 8.40. The minimum Gasteiger partial charge on any atom is -0.340 e. The number of likely N-dealkylation sites (tertiary alicyclic amines) is 1. The molecule has 3 aliphatic heterocycles. The highest BCUT2D eigenvalue weighted by Gasteiger charge is 2.51. The van der Waals surface area contributed by atoms with Crippen LogP contribution in [0.2, 0.25) is 0 Å². The van der Waals surface area contributed by atoms with E-state index in [9.17, 15) is 32.5 Å². The molecule has 0 unspecified atom stereocenters. The van der Waals surface area contributed by atoms with Crippen LogP contribution in [0, 0.1) is 0 Å². The number of rotatable bonds is 6. The van der Waals surface area contributed by atoms with Crippen LogP contribution < -0.4 is 10.9 Å². The van der Waals surface area contributed by atoms with E-state index in [1.54, 1.807) is 9.80 Å². The number of amides is 3. The van der Waals surface area contributed by atoms with Gasteiger partial charge in [-0.05, 0) is 55.7 Å². The molecule has 0 saturated carbocycles. The molecule has 6 rings (SSSR count). The van der Waals surface area contributed by atoms with Crippen molar-refractivity contribution in [3.05, 3.63) is 63.1 Å². The zero-order valence-electron chi connectivity index (χ0n) is 22.6. The van der Waals surface area contributed by atoms with E-state index in [0.29, 0.717) is 55.7 Å². The Kier molecular flexibility index (Phi) is 7.48. The largest absolute Gasteiger partial charge is 0.399 e. The van der Waals surface area contributed by atoms with Crippen molar-refractivity contribution in [1.29, 1.82) is 0 Å². The molecule has 228 valence electrons. The second-order valence-electron chi connectivity index (χ2n) is 11.2. The number of hydrogen-bond acceptors (Lipinski definition) is 7. The maximum absolute atomic E-state index is 14.2. The summed E-state index contributed by atoms with van der Waals surface area (Å²) in [5.41, 5.74) is -5.51. The van der Waals surface area contributed by atoms with Crippen molar-refractivity contribution in [3.63, 3.8) is 0 Å². The zero-order valence-corrected chi connectivity index (χ0v) is 24.3. The number of fused-ring (bicyclic) bond motifs is 2. The first-order valence-corrected chi connectivity index (χ1v) is 16.2. The van der Waals surface area contributed by atoms with Crippen LogP contribution in [0.25, 0.3) is 10.1 Å². The maximum atomic E-state index is 14.2. The SMILES string of the molecule is O=C(N[C@H]1CCC[C@H]2CC[C@@H](C(=O)N3CC(c4nccc(=O)[nH]4)C3)N2C1=O)c1cc2cc(C(F)(F)P(=O)(O)O)ccc2s1.